The lowest BCUT2D eigenvalue weighted by molar-refractivity contribution is -0.126. The molecule has 8 nitrogen and oxygen atoms in total. The molecule has 210 valence electrons. The van der Waals surface area contributed by atoms with Gasteiger partial charge in [-0.2, -0.15) is 4.31 Å². The maximum atomic E-state index is 13.2. The molecule has 0 spiro atoms. The highest BCUT2D eigenvalue weighted by atomic mass is 32.2. The Morgan fingerprint density at radius 2 is 1.97 bits per heavy atom. The number of nitrogens with one attached hydrogen (secondary N) is 1. The molecular formula is C28H42FN5O3S. The smallest absolute Gasteiger partial charge is 0.239 e. The number of aromatic nitrogens is 2. The number of piperazine rings is 1. The van der Waals surface area contributed by atoms with Crippen molar-refractivity contribution in [2.75, 3.05) is 39.0 Å². The third-order valence-corrected chi connectivity index (χ3v) is 9.34. The molecule has 1 saturated heterocycles. The van der Waals surface area contributed by atoms with Crippen molar-refractivity contribution in [2.24, 2.45) is 11.3 Å². The normalized spacial score (nSPS) is 22.8. The number of amides is 1. The number of nitrogens with zero attached hydrogens (tertiary/aromatic N) is 4. The highest BCUT2D eigenvalue weighted by Crippen LogP contribution is 2.39. The quantitative estimate of drug-likeness (QED) is 0.493. The van der Waals surface area contributed by atoms with Gasteiger partial charge in [-0.1, -0.05) is 38.8 Å². The third-order valence-electron chi connectivity index (χ3n) is 8.05. The van der Waals surface area contributed by atoms with E-state index in [4.69, 9.17) is 0 Å². The molecule has 2 fully saturated rings. The van der Waals surface area contributed by atoms with E-state index < -0.39 is 16.1 Å². The first-order valence-corrected chi connectivity index (χ1v) is 15.6. The number of imidazole rings is 1. The van der Waals surface area contributed by atoms with Crippen LogP contribution < -0.4 is 5.32 Å². The van der Waals surface area contributed by atoms with Crippen molar-refractivity contribution in [3.05, 3.63) is 53.9 Å². The molecule has 4 rings (SSSR count). The predicted molar refractivity (Wildman–Crippen MR) is 147 cm³/mol. The van der Waals surface area contributed by atoms with Crippen LogP contribution in [-0.2, 0) is 27.8 Å². The first-order valence-electron chi connectivity index (χ1n) is 13.7. The molecule has 1 saturated carbocycles. The number of benzene rings is 1. The summed E-state index contributed by atoms with van der Waals surface area (Å²) < 4.78 is 41.5. The van der Waals surface area contributed by atoms with Crippen LogP contribution in [0.1, 0.15) is 57.2 Å². The SMILES string of the molecule is CC1(C)CCCC(CCN2CCN(S(C)(=O)=O)C(C(=O)NCCc3cncn3Cc3ccc(F)cc3)C2)C1. The molecule has 1 aromatic carbocycles. The van der Waals surface area contributed by atoms with E-state index in [-0.39, 0.29) is 11.7 Å². The lowest BCUT2D eigenvalue weighted by atomic mass is 9.71. The van der Waals surface area contributed by atoms with Crippen LogP contribution in [0.2, 0.25) is 0 Å². The average molecular weight is 548 g/mol. The molecule has 1 N–H and O–H groups in total. The van der Waals surface area contributed by atoms with Gasteiger partial charge >= 0.3 is 0 Å². The molecular weight excluding hydrogens is 505 g/mol. The van der Waals surface area contributed by atoms with Gasteiger partial charge in [0.1, 0.15) is 11.9 Å². The molecule has 1 aromatic heterocycles. The molecule has 1 aliphatic carbocycles. The van der Waals surface area contributed by atoms with Gasteiger partial charge in [-0.15, -0.1) is 0 Å². The topological polar surface area (TPSA) is 87.5 Å². The molecule has 1 amide bonds. The van der Waals surface area contributed by atoms with Gasteiger partial charge in [0, 0.05) is 51.0 Å². The van der Waals surface area contributed by atoms with Gasteiger partial charge in [0.15, 0.2) is 0 Å². The highest BCUT2D eigenvalue weighted by molar-refractivity contribution is 7.88. The van der Waals surface area contributed by atoms with E-state index in [0.29, 0.717) is 50.5 Å². The number of hydrogen-bond acceptors (Lipinski definition) is 5. The summed E-state index contributed by atoms with van der Waals surface area (Å²) in [6.07, 6.45) is 11.4. The van der Waals surface area contributed by atoms with Gasteiger partial charge in [-0.25, -0.2) is 17.8 Å². The van der Waals surface area contributed by atoms with Crippen LogP contribution >= 0.6 is 0 Å². The Hall–Kier alpha value is -2.30. The van der Waals surface area contributed by atoms with Crippen LogP contribution in [0.5, 0.6) is 0 Å². The summed E-state index contributed by atoms with van der Waals surface area (Å²) >= 11 is 0. The van der Waals surface area contributed by atoms with Crippen molar-refractivity contribution in [1.29, 1.82) is 0 Å². The average Bonchev–Trinajstić information content (AvgIpc) is 3.29. The number of carbonyl (C=O) groups excluding carboxylic acids is 1. The number of carbonyl (C=O) groups is 1. The van der Waals surface area contributed by atoms with Gasteiger partial charge in [0.25, 0.3) is 0 Å². The van der Waals surface area contributed by atoms with E-state index in [0.717, 1.165) is 24.2 Å². The first kappa shape index (κ1) is 28.7. The van der Waals surface area contributed by atoms with Gasteiger partial charge in [-0.05, 0) is 54.8 Å². The summed E-state index contributed by atoms with van der Waals surface area (Å²) in [5.41, 5.74) is 2.29. The van der Waals surface area contributed by atoms with Crippen molar-refractivity contribution < 1.29 is 17.6 Å². The molecule has 2 atom stereocenters. The minimum absolute atomic E-state index is 0.261. The molecule has 1 aliphatic heterocycles. The van der Waals surface area contributed by atoms with E-state index in [2.05, 4.69) is 29.0 Å². The van der Waals surface area contributed by atoms with Gasteiger partial charge in [-0.3, -0.25) is 9.69 Å². The number of rotatable bonds is 10. The summed E-state index contributed by atoms with van der Waals surface area (Å²) in [7, 11) is -3.50. The van der Waals surface area contributed by atoms with Crippen molar-refractivity contribution in [3.8, 4) is 0 Å². The fourth-order valence-corrected chi connectivity index (χ4v) is 7.06. The monoisotopic (exact) mass is 547 g/mol. The predicted octanol–water partition coefficient (Wildman–Crippen LogP) is 3.28. The Kier molecular flexibility index (Phi) is 9.26. The molecule has 2 unspecified atom stereocenters. The second-order valence-electron chi connectivity index (χ2n) is 11.8. The van der Waals surface area contributed by atoms with Crippen LogP contribution in [0.4, 0.5) is 4.39 Å². The summed E-state index contributed by atoms with van der Waals surface area (Å²) in [5.74, 6) is 0.159. The lowest BCUT2D eigenvalue weighted by Gasteiger charge is -2.40. The zero-order valence-electron chi connectivity index (χ0n) is 22.9. The maximum absolute atomic E-state index is 13.2. The standard InChI is InChI=1S/C28H42FN5O3S/c1-28(2)12-4-5-22(17-28)11-14-32-15-16-34(38(3,36)37)26(20-32)27(35)31-13-10-25-18-30-21-33(25)19-23-6-8-24(29)9-7-23/h6-9,18,21-22,26H,4-5,10-17,19-20H2,1-3H3,(H,31,35). The van der Waals surface area contributed by atoms with Crippen LogP contribution in [0.15, 0.2) is 36.8 Å². The largest absolute Gasteiger partial charge is 0.354 e. The Morgan fingerprint density at radius 3 is 2.68 bits per heavy atom. The summed E-state index contributed by atoms with van der Waals surface area (Å²) in [5, 5.41) is 2.97. The maximum Gasteiger partial charge on any atom is 0.239 e. The van der Waals surface area contributed by atoms with Crippen LogP contribution in [0.25, 0.3) is 0 Å². The van der Waals surface area contributed by atoms with E-state index in [9.17, 15) is 17.6 Å². The molecule has 2 aliphatic rings. The third kappa shape index (κ3) is 7.86. The van der Waals surface area contributed by atoms with Crippen LogP contribution in [0, 0.1) is 17.2 Å². The van der Waals surface area contributed by atoms with Crippen molar-refractivity contribution in [3.63, 3.8) is 0 Å². The molecule has 0 radical (unpaired) electrons. The van der Waals surface area contributed by atoms with Crippen molar-refractivity contribution >= 4 is 15.9 Å². The molecule has 2 aromatic rings. The summed E-state index contributed by atoms with van der Waals surface area (Å²) in [6.45, 7) is 7.91. The van der Waals surface area contributed by atoms with Gasteiger partial charge < -0.3 is 9.88 Å². The van der Waals surface area contributed by atoms with Crippen molar-refractivity contribution in [1.82, 2.24) is 24.1 Å². The summed E-state index contributed by atoms with van der Waals surface area (Å²) in [4.78, 5) is 19.7. The first-order chi connectivity index (χ1) is 18.0. The second-order valence-corrected chi connectivity index (χ2v) is 13.7. The minimum Gasteiger partial charge on any atom is -0.354 e. The van der Waals surface area contributed by atoms with E-state index in [1.54, 1.807) is 24.7 Å². The Morgan fingerprint density at radius 1 is 1.21 bits per heavy atom. The highest BCUT2D eigenvalue weighted by Gasteiger charge is 2.37. The van der Waals surface area contributed by atoms with Crippen molar-refractivity contribution in [2.45, 2.75) is 65.0 Å². The number of sulfonamides is 1. The van der Waals surface area contributed by atoms with E-state index in [1.165, 1.54) is 48.4 Å². The molecule has 2 heterocycles. The zero-order valence-corrected chi connectivity index (χ0v) is 23.7. The molecule has 10 heteroatoms. The fraction of sp³-hybridized carbons (Fsp3) is 0.643. The number of hydrogen-bond donors (Lipinski definition) is 1. The minimum atomic E-state index is -3.50. The van der Waals surface area contributed by atoms with Crippen LogP contribution in [-0.4, -0.2) is 78.1 Å². The second kappa shape index (κ2) is 12.3. The Labute approximate surface area is 226 Å². The van der Waals surface area contributed by atoms with Crippen LogP contribution in [0.3, 0.4) is 0 Å². The number of halogens is 1. The molecule has 38 heavy (non-hydrogen) atoms. The molecule has 0 bridgehead atoms. The lowest BCUT2D eigenvalue weighted by Crippen LogP contribution is -2.60. The Balaban J connectivity index is 1.31. The Bertz CT molecular complexity index is 1180. The van der Waals surface area contributed by atoms with Gasteiger partial charge in [0.05, 0.1) is 12.6 Å². The fourth-order valence-electron chi connectivity index (χ4n) is 6.02. The zero-order chi connectivity index (χ0) is 27.3. The van der Waals surface area contributed by atoms with E-state index in [1.807, 2.05) is 4.57 Å². The van der Waals surface area contributed by atoms with E-state index >= 15 is 0 Å². The van der Waals surface area contributed by atoms with Gasteiger partial charge in [0.2, 0.25) is 15.9 Å². The summed E-state index contributed by atoms with van der Waals surface area (Å²) in [6, 6.07) is 5.62.